The fraction of sp³-hybridized carbons (Fsp3) is 0.533. The number of likely N-dealkylation sites (N-methyl/N-ethyl adjacent to an activating group) is 1. The lowest BCUT2D eigenvalue weighted by atomic mass is 10.0. The van der Waals surface area contributed by atoms with E-state index >= 15 is 0 Å². The molecule has 1 aliphatic heterocycles. The Bertz CT molecular complexity index is 459. The summed E-state index contributed by atoms with van der Waals surface area (Å²) in [5, 5.41) is 6.35. The van der Waals surface area contributed by atoms with Gasteiger partial charge in [0.15, 0.2) is 6.10 Å². The highest BCUT2D eigenvalue weighted by Crippen LogP contribution is 2.30. The van der Waals surface area contributed by atoms with Crippen LogP contribution in [0.3, 0.4) is 0 Å². The van der Waals surface area contributed by atoms with E-state index in [0.717, 1.165) is 30.8 Å². The maximum atomic E-state index is 11.6. The molecule has 4 heteroatoms. The van der Waals surface area contributed by atoms with Crippen molar-refractivity contribution in [2.24, 2.45) is 0 Å². The third-order valence-corrected chi connectivity index (χ3v) is 3.44. The van der Waals surface area contributed by atoms with Gasteiger partial charge in [-0.2, -0.15) is 0 Å². The first-order chi connectivity index (χ1) is 9.13. The van der Waals surface area contributed by atoms with Crippen molar-refractivity contribution in [3.63, 3.8) is 0 Å². The van der Waals surface area contributed by atoms with Gasteiger partial charge >= 0.3 is 0 Å². The maximum absolute atomic E-state index is 11.6. The van der Waals surface area contributed by atoms with Gasteiger partial charge < -0.3 is 15.4 Å². The van der Waals surface area contributed by atoms with Crippen LogP contribution in [0.5, 0.6) is 5.75 Å². The normalized spacial score (nSPS) is 19.3. The molecule has 2 atom stereocenters. The minimum absolute atomic E-state index is 0.0802. The van der Waals surface area contributed by atoms with Crippen molar-refractivity contribution in [1.82, 2.24) is 5.32 Å². The van der Waals surface area contributed by atoms with E-state index in [0.29, 0.717) is 6.04 Å². The van der Waals surface area contributed by atoms with Crippen LogP contribution in [0.1, 0.15) is 32.8 Å². The highest BCUT2D eigenvalue weighted by atomic mass is 16.5. The van der Waals surface area contributed by atoms with E-state index < -0.39 is 6.10 Å². The summed E-state index contributed by atoms with van der Waals surface area (Å²) in [4.78, 5) is 11.6. The lowest BCUT2D eigenvalue weighted by molar-refractivity contribution is -0.122. The molecule has 0 saturated heterocycles. The number of benzene rings is 1. The highest BCUT2D eigenvalue weighted by Gasteiger charge is 2.23. The molecule has 2 rings (SSSR count). The molecule has 0 spiro atoms. The van der Waals surface area contributed by atoms with Gasteiger partial charge in [-0.1, -0.05) is 19.9 Å². The van der Waals surface area contributed by atoms with Gasteiger partial charge in [-0.3, -0.25) is 4.79 Å². The van der Waals surface area contributed by atoms with Crippen LogP contribution >= 0.6 is 0 Å². The van der Waals surface area contributed by atoms with Crippen LogP contribution < -0.4 is 15.4 Å². The number of amides is 1. The third-order valence-electron chi connectivity index (χ3n) is 3.44. The molecule has 2 unspecified atom stereocenters. The summed E-state index contributed by atoms with van der Waals surface area (Å²) >= 11 is 0. The Labute approximate surface area is 114 Å². The summed E-state index contributed by atoms with van der Waals surface area (Å²) in [7, 11) is 0. The first-order valence-electron chi connectivity index (χ1n) is 6.97. The quantitative estimate of drug-likeness (QED) is 0.856. The number of fused-ring (bicyclic) bond motifs is 1. The van der Waals surface area contributed by atoms with Gasteiger partial charge in [0.25, 0.3) is 5.91 Å². The molecule has 0 radical (unpaired) electrons. The summed E-state index contributed by atoms with van der Waals surface area (Å²) < 4.78 is 5.55. The van der Waals surface area contributed by atoms with Gasteiger partial charge in [0.1, 0.15) is 5.75 Å². The Morgan fingerprint density at radius 1 is 1.42 bits per heavy atom. The number of rotatable bonds is 5. The molecular weight excluding hydrogens is 240 g/mol. The minimum Gasteiger partial charge on any atom is -0.479 e. The summed E-state index contributed by atoms with van der Waals surface area (Å²) in [5.41, 5.74) is 2.00. The van der Waals surface area contributed by atoms with Gasteiger partial charge in [-0.05, 0) is 44.0 Å². The third kappa shape index (κ3) is 3.26. The summed E-state index contributed by atoms with van der Waals surface area (Å²) in [6.07, 6.45) is 1.64. The number of hydrogen-bond acceptors (Lipinski definition) is 3. The summed E-state index contributed by atoms with van der Waals surface area (Å²) in [5.74, 6) is 0.677. The Hall–Kier alpha value is -1.55. The van der Waals surface area contributed by atoms with Crippen molar-refractivity contribution in [3.8, 4) is 5.75 Å². The van der Waals surface area contributed by atoms with E-state index in [1.54, 1.807) is 6.92 Å². The van der Waals surface area contributed by atoms with E-state index in [4.69, 9.17) is 4.74 Å². The SMILES string of the molecule is CCNC(CC)Cc1ccc2c(c1)NC(=O)C(C)O2. The topological polar surface area (TPSA) is 50.4 Å². The molecule has 104 valence electrons. The van der Waals surface area contributed by atoms with E-state index in [2.05, 4.69) is 30.5 Å². The van der Waals surface area contributed by atoms with E-state index in [-0.39, 0.29) is 5.91 Å². The minimum atomic E-state index is -0.413. The van der Waals surface area contributed by atoms with Gasteiger partial charge in [-0.15, -0.1) is 0 Å². The standard InChI is InChI=1S/C15H22N2O2/c1-4-12(16-5-2)8-11-6-7-14-13(9-11)17-15(18)10(3)19-14/h6-7,9-10,12,16H,4-5,8H2,1-3H3,(H,17,18). The molecule has 0 bridgehead atoms. The van der Waals surface area contributed by atoms with Crippen molar-refractivity contribution in [2.45, 2.75) is 45.8 Å². The average Bonchev–Trinajstić information content (AvgIpc) is 2.40. The average molecular weight is 262 g/mol. The van der Waals surface area contributed by atoms with Gasteiger partial charge in [0.05, 0.1) is 5.69 Å². The molecule has 19 heavy (non-hydrogen) atoms. The second-order valence-corrected chi connectivity index (χ2v) is 4.95. The zero-order valence-electron chi connectivity index (χ0n) is 11.8. The lowest BCUT2D eigenvalue weighted by Gasteiger charge is -2.24. The van der Waals surface area contributed by atoms with Crippen LogP contribution in [0.25, 0.3) is 0 Å². The maximum Gasteiger partial charge on any atom is 0.265 e. The van der Waals surface area contributed by atoms with E-state index in [1.807, 2.05) is 12.1 Å². The van der Waals surface area contributed by atoms with Crippen molar-refractivity contribution < 1.29 is 9.53 Å². The zero-order chi connectivity index (χ0) is 13.8. The molecule has 0 aromatic heterocycles. The smallest absolute Gasteiger partial charge is 0.265 e. The van der Waals surface area contributed by atoms with Crippen LogP contribution in [-0.4, -0.2) is 24.6 Å². The molecule has 1 aromatic carbocycles. The Balaban J connectivity index is 2.12. The molecule has 1 aromatic rings. The number of anilines is 1. The summed E-state index contributed by atoms with van der Waals surface area (Å²) in [6, 6.07) is 6.50. The molecular formula is C15H22N2O2. The van der Waals surface area contributed by atoms with Crippen molar-refractivity contribution >= 4 is 11.6 Å². The van der Waals surface area contributed by atoms with Crippen molar-refractivity contribution in [3.05, 3.63) is 23.8 Å². The molecule has 1 amide bonds. The van der Waals surface area contributed by atoms with Crippen molar-refractivity contribution in [1.29, 1.82) is 0 Å². The van der Waals surface area contributed by atoms with Crippen LogP contribution in [0.2, 0.25) is 0 Å². The zero-order valence-corrected chi connectivity index (χ0v) is 11.8. The fourth-order valence-corrected chi connectivity index (χ4v) is 2.32. The van der Waals surface area contributed by atoms with Crippen LogP contribution in [0, 0.1) is 0 Å². The second kappa shape index (κ2) is 6.06. The monoisotopic (exact) mass is 262 g/mol. The molecule has 0 aliphatic carbocycles. The molecule has 1 aliphatic rings. The predicted molar refractivity (Wildman–Crippen MR) is 76.6 cm³/mol. The number of carbonyl (C=O) groups excluding carboxylic acids is 1. The first kappa shape index (κ1) is 13.9. The second-order valence-electron chi connectivity index (χ2n) is 4.95. The van der Waals surface area contributed by atoms with Crippen LogP contribution in [0.4, 0.5) is 5.69 Å². The highest BCUT2D eigenvalue weighted by molar-refractivity contribution is 5.97. The van der Waals surface area contributed by atoms with Gasteiger partial charge in [0, 0.05) is 6.04 Å². The molecule has 0 saturated carbocycles. The number of carbonyl (C=O) groups is 1. The van der Waals surface area contributed by atoms with E-state index in [9.17, 15) is 4.79 Å². The first-order valence-corrected chi connectivity index (χ1v) is 6.97. The largest absolute Gasteiger partial charge is 0.479 e. The van der Waals surface area contributed by atoms with Crippen molar-refractivity contribution in [2.75, 3.05) is 11.9 Å². The van der Waals surface area contributed by atoms with Gasteiger partial charge in [-0.25, -0.2) is 0 Å². The van der Waals surface area contributed by atoms with Gasteiger partial charge in [0.2, 0.25) is 0 Å². The fourth-order valence-electron chi connectivity index (χ4n) is 2.32. The molecule has 2 N–H and O–H groups in total. The Kier molecular flexibility index (Phi) is 4.43. The van der Waals surface area contributed by atoms with E-state index in [1.165, 1.54) is 5.56 Å². The molecule has 1 heterocycles. The van der Waals surface area contributed by atoms with Crippen LogP contribution in [-0.2, 0) is 11.2 Å². The Morgan fingerprint density at radius 2 is 2.21 bits per heavy atom. The lowest BCUT2D eigenvalue weighted by Crippen LogP contribution is -2.34. The number of ether oxygens (including phenoxy) is 1. The van der Waals surface area contributed by atoms with Crippen LogP contribution in [0.15, 0.2) is 18.2 Å². The molecule has 4 nitrogen and oxygen atoms in total. The Morgan fingerprint density at radius 3 is 2.89 bits per heavy atom. The molecule has 0 fully saturated rings. The number of hydrogen-bond donors (Lipinski definition) is 2. The summed E-state index contributed by atoms with van der Waals surface area (Å²) in [6.45, 7) is 7.02. The number of nitrogens with one attached hydrogen (secondary N) is 2. The predicted octanol–water partition coefficient (Wildman–Crippen LogP) is 2.34.